The van der Waals surface area contributed by atoms with Crippen molar-refractivity contribution in [1.29, 1.82) is 0 Å². The molecule has 1 amide bonds. The number of hydrogen-bond donors (Lipinski definition) is 1. The summed E-state index contributed by atoms with van der Waals surface area (Å²) in [6.07, 6.45) is 0. The van der Waals surface area contributed by atoms with Gasteiger partial charge in [0, 0.05) is 11.3 Å². The van der Waals surface area contributed by atoms with Crippen molar-refractivity contribution in [2.45, 2.75) is 43.5 Å². The van der Waals surface area contributed by atoms with Crippen LogP contribution in [0.25, 0.3) is 0 Å². The van der Waals surface area contributed by atoms with Crippen molar-refractivity contribution in [2.75, 3.05) is 6.54 Å². The number of hydrogen-bond acceptors (Lipinski definition) is 8. The van der Waals surface area contributed by atoms with E-state index in [0.29, 0.717) is 0 Å². The van der Waals surface area contributed by atoms with Gasteiger partial charge in [-0.15, -0.1) is 11.8 Å². The molecule has 2 aliphatic heterocycles. The fourth-order valence-electron chi connectivity index (χ4n) is 3.01. The summed E-state index contributed by atoms with van der Waals surface area (Å²) in [6, 6.07) is -0.688. The minimum absolute atomic E-state index is 0.0892. The lowest BCUT2D eigenvalue weighted by Crippen LogP contribution is -2.64. The number of thioether (sulfide) groups is 1. The van der Waals surface area contributed by atoms with E-state index < -0.39 is 22.6 Å². The fourth-order valence-corrected chi connectivity index (χ4v) is 4.70. The Kier molecular flexibility index (Phi) is 3.80. The Hall–Kier alpha value is -1.74. The first-order valence-corrected chi connectivity index (χ1v) is 8.10. The summed E-state index contributed by atoms with van der Waals surface area (Å²) in [5, 5.41) is -0.0892. The van der Waals surface area contributed by atoms with Crippen LogP contribution in [0.15, 0.2) is 13.6 Å². The van der Waals surface area contributed by atoms with Crippen LogP contribution < -0.4 is 11.6 Å². The maximum absolute atomic E-state index is 12.5. The van der Waals surface area contributed by atoms with Crippen LogP contribution in [0.2, 0.25) is 0 Å². The highest BCUT2D eigenvalue weighted by Crippen LogP contribution is 2.53. The monoisotopic (exact) mass is 342 g/mol. The molecule has 0 bridgehead atoms. The lowest BCUT2D eigenvalue weighted by atomic mass is 9.92. The molecule has 2 fully saturated rings. The van der Waals surface area contributed by atoms with E-state index in [9.17, 15) is 14.4 Å². The van der Waals surface area contributed by atoms with E-state index in [1.807, 2.05) is 13.8 Å². The third-order valence-corrected chi connectivity index (χ3v) is 5.84. The predicted molar refractivity (Wildman–Crippen MR) is 80.4 cm³/mol. The molecule has 3 heterocycles. The molecule has 0 unspecified atom stereocenters. The van der Waals surface area contributed by atoms with Crippen molar-refractivity contribution in [3.63, 3.8) is 0 Å². The molecular formula is C14H18N2O6S. The summed E-state index contributed by atoms with van der Waals surface area (Å²) < 4.78 is 14.3. The van der Waals surface area contributed by atoms with Gasteiger partial charge in [0.25, 0.3) is 0 Å². The summed E-state index contributed by atoms with van der Waals surface area (Å²) in [5.74, 6) is -1.30. The second-order valence-corrected chi connectivity index (χ2v) is 7.91. The standard InChI is InChI=1S/C14H18N2O6S/c1-6-8(22-13(19)21-6)5-20-12(18)9-14(2,3)23-11-7(4-15)10(17)16(9)11/h7,9,11H,4-5,15H2,1-3H3/t7-,9+,11-/m1/s1. The molecule has 1 aromatic rings. The average Bonchev–Trinajstić information content (AvgIpc) is 2.91. The van der Waals surface area contributed by atoms with Gasteiger partial charge in [-0.2, -0.15) is 0 Å². The summed E-state index contributed by atoms with van der Waals surface area (Å²) in [7, 11) is 0. The normalized spacial score (nSPS) is 28.4. The molecule has 0 radical (unpaired) electrons. The smallest absolute Gasteiger partial charge is 0.456 e. The molecule has 3 rings (SSSR count). The lowest BCUT2D eigenvalue weighted by molar-refractivity contribution is -0.167. The van der Waals surface area contributed by atoms with E-state index in [-0.39, 0.29) is 41.9 Å². The molecule has 3 atom stereocenters. The topological polar surface area (TPSA) is 116 Å². The van der Waals surface area contributed by atoms with Crippen LogP contribution in [0.1, 0.15) is 25.4 Å². The quantitative estimate of drug-likeness (QED) is 0.610. The zero-order chi connectivity index (χ0) is 16.9. The van der Waals surface area contributed by atoms with Crippen molar-refractivity contribution in [2.24, 2.45) is 11.7 Å². The van der Waals surface area contributed by atoms with Gasteiger partial charge >= 0.3 is 11.8 Å². The molecule has 0 aliphatic carbocycles. The van der Waals surface area contributed by atoms with Gasteiger partial charge in [0.15, 0.2) is 18.1 Å². The second-order valence-electron chi connectivity index (χ2n) is 6.14. The van der Waals surface area contributed by atoms with Gasteiger partial charge in [0.2, 0.25) is 5.91 Å². The molecule has 8 nitrogen and oxygen atoms in total. The van der Waals surface area contributed by atoms with Gasteiger partial charge < -0.3 is 24.2 Å². The highest BCUT2D eigenvalue weighted by molar-refractivity contribution is 8.01. The molecule has 126 valence electrons. The Labute approximate surface area is 136 Å². The Morgan fingerprint density at radius 2 is 2.09 bits per heavy atom. The van der Waals surface area contributed by atoms with Gasteiger partial charge in [-0.3, -0.25) is 4.79 Å². The Bertz CT molecular complexity index is 708. The van der Waals surface area contributed by atoms with E-state index in [0.717, 1.165) is 0 Å². The molecule has 1 aromatic heterocycles. The number of aryl methyl sites for hydroxylation is 1. The minimum Gasteiger partial charge on any atom is -0.456 e. The average molecular weight is 342 g/mol. The summed E-state index contributed by atoms with van der Waals surface area (Å²) in [4.78, 5) is 37.2. The number of carbonyl (C=O) groups is 2. The van der Waals surface area contributed by atoms with Crippen molar-refractivity contribution < 1.29 is 23.2 Å². The zero-order valence-electron chi connectivity index (χ0n) is 13.0. The first-order chi connectivity index (χ1) is 10.8. The maximum Gasteiger partial charge on any atom is 0.519 e. The molecule has 2 saturated heterocycles. The first-order valence-electron chi connectivity index (χ1n) is 7.22. The molecule has 0 aromatic carbocycles. The van der Waals surface area contributed by atoms with Crippen LogP contribution in [0.5, 0.6) is 0 Å². The number of rotatable bonds is 4. The number of β-lactam (4-membered cyclic amide) rings is 1. The Morgan fingerprint density at radius 1 is 1.39 bits per heavy atom. The fraction of sp³-hybridized carbons (Fsp3) is 0.643. The van der Waals surface area contributed by atoms with E-state index in [4.69, 9.17) is 19.3 Å². The molecule has 2 N–H and O–H groups in total. The molecule has 9 heteroatoms. The highest BCUT2D eigenvalue weighted by atomic mass is 32.2. The third kappa shape index (κ3) is 2.47. The number of ether oxygens (including phenoxy) is 1. The number of nitrogens with two attached hydrogens (primary N) is 1. The van der Waals surface area contributed by atoms with Crippen molar-refractivity contribution >= 4 is 23.6 Å². The third-order valence-electron chi connectivity index (χ3n) is 4.21. The van der Waals surface area contributed by atoms with Gasteiger partial charge in [-0.25, -0.2) is 9.59 Å². The first kappa shape index (κ1) is 16.1. The lowest BCUT2D eigenvalue weighted by Gasteiger charge is -2.43. The maximum atomic E-state index is 12.5. The number of esters is 1. The van der Waals surface area contributed by atoms with Crippen LogP contribution in [0.3, 0.4) is 0 Å². The van der Waals surface area contributed by atoms with E-state index >= 15 is 0 Å². The molecule has 0 spiro atoms. The predicted octanol–water partition coefficient (Wildman–Crippen LogP) is 0.222. The van der Waals surface area contributed by atoms with Crippen LogP contribution in [0.4, 0.5) is 0 Å². The van der Waals surface area contributed by atoms with E-state index in [1.165, 1.54) is 0 Å². The summed E-state index contributed by atoms with van der Waals surface area (Å²) in [5.41, 5.74) is 5.61. The summed E-state index contributed by atoms with van der Waals surface area (Å²) >= 11 is 1.55. The van der Waals surface area contributed by atoms with Gasteiger partial charge in [0.1, 0.15) is 6.04 Å². The number of amides is 1. The van der Waals surface area contributed by atoms with Gasteiger partial charge in [0.05, 0.1) is 11.3 Å². The SMILES string of the molecule is Cc1oc(=O)oc1COC(=O)[C@@H]1N2C(=O)[C@@H](CN)[C@H]2SC1(C)C. The largest absolute Gasteiger partial charge is 0.519 e. The molecular weight excluding hydrogens is 324 g/mol. The van der Waals surface area contributed by atoms with Gasteiger partial charge in [-0.05, 0) is 20.8 Å². The minimum atomic E-state index is -0.839. The van der Waals surface area contributed by atoms with Gasteiger partial charge in [-0.1, -0.05) is 0 Å². The van der Waals surface area contributed by atoms with Crippen molar-refractivity contribution in [3.8, 4) is 0 Å². The number of fused-ring (bicyclic) bond motifs is 1. The van der Waals surface area contributed by atoms with Crippen LogP contribution in [-0.4, -0.2) is 39.5 Å². The number of carbonyl (C=O) groups excluding carboxylic acids is 2. The molecule has 0 saturated carbocycles. The van der Waals surface area contributed by atoms with E-state index in [2.05, 4.69) is 0 Å². The Balaban J connectivity index is 1.72. The number of nitrogens with zero attached hydrogens (tertiary/aromatic N) is 1. The highest BCUT2D eigenvalue weighted by Gasteiger charge is 2.63. The Morgan fingerprint density at radius 3 is 2.65 bits per heavy atom. The van der Waals surface area contributed by atoms with E-state index in [1.54, 1.807) is 23.6 Å². The van der Waals surface area contributed by atoms with Crippen molar-refractivity contribution in [1.82, 2.24) is 4.90 Å². The zero-order valence-corrected chi connectivity index (χ0v) is 13.8. The van der Waals surface area contributed by atoms with Crippen LogP contribution >= 0.6 is 11.8 Å². The molecule has 2 aliphatic rings. The summed E-state index contributed by atoms with van der Waals surface area (Å²) in [6.45, 7) is 5.40. The second kappa shape index (κ2) is 5.41. The van der Waals surface area contributed by atoms with Crippen molar-refractivity contribution in [3.05, 3.63) is 22.1 Å². The molecule has 23 heavy (non-hydrogen) atoms. The van der Waals surface area contributed by atoms with Crippen LogP contribution in [-0.2, 0) is 20.9 Å². The van der Waals surface area contributed by atoms with Crippen LogP contribution in [0, 0.1) is 12.8 Å².